The van der Waals surface area contributed by atoms with Crippen LogP contribution in [-0.4, -0.2) is 71.3 Å². The van der Waals surface area contributed by atoms with E-state index in [0.717, 1.165) is 0 Å². The van der Waals surface area contributed by atoms with Crippen molar-refractivity contribution in [2.75, 3.05) is 11.5 Å². The summed E-state index contributed by atoms with van der Waals surface area (Å²) in [6.07, 6.45) is 0.830. The second-order valence-electron chi connectivity index (χ2n) is 10.3. The Labute approximate surface area is 215 Å². The molecule has 10 nitrogen and oxygen atoms in total. The Bertz CT molecular complexity index is 807. The summed E-state index contributed by atoms with van der Waals surface area (Å²) in [4.78, 5) is 65.4. The van der Waals surface area contributed by atoms with Gasteiger partial charge in [-0.2, -0.15) is 0 Å². The van der Waals surface area contributed by atoms with Crippen LogP contribution in [0.25, 0.3) is 0 Å². The van der Waals surface area contributed by atoms with E-state index in [9.17, 15) is 24.0 Å². The van der Waals surface area contributed by atoms with Crippen LogP contribution in [0.15, 0.2) is 0 Å². The minimum absolute atomic E-state index is 0.0966. The van der Waals surface area contributed by atoms with Crippen molar-refractivity contribution in [2.24, 2.45) is 17.8 Å². The molecule has 0 aromatic carbocycles. The molecule has 0 radical (unpaired) electrons. The van der Waals surface area contributed by atoms with Gasteiger partial charge in [-0.1, -0.05) is 63.1 Å². The van der Waals surface area contributed by atoms with Gasteiger partial charge in [0.05, 0.1) is 12.1 Å². The predicted molar refractivity (Wildman–Crippen MR) is 138 cm³/mol. The molecule has 198 valence electrons. The Morgan fingerprint density at radius 1 is 0.657 bits per heavy atom. The molecule has 2 rings (SSSR count). The summed E-state index contributed by atoms with van der Waals surface area (Å²) in [6.45, 7) is 11.4. The lowest BCUT2D eigenvalue weighted by atomic mass is 9.98. The van der Waals surface area contributed by atoms with Crippen LogP contribution in [0.3, 0.4) is 0 Å². The Morgan fingerprint density at radius 2 is 1.20 bits per heavy atom. The fourth-order valence-corrected chi connectivity index (χ4v) is 6.24. The fourth-order valence-electron chi connectivity index (χ4n) is 3.90. The summed E-state index contributed by atoms with van der Waals surface area (Å²) < 4.78 is 0. The van der Waals surface area contributed by atoms with E-state index in [-0.39, 0.29) is 29.4 Å². The van der Waals surface area contributed by atoms with Crippen molar-refractivity contribution in [3.63, 3.8) is 0 Å². The maximum Gasteiger partial charge on any atom is 0.250 e. The van der Waals surface area contributed by atoms with Crippen LogP contribution >= 0.6 is 21.6 Å². The second-order valence-corrected chi connectivity index (χ2v) is 12.9. The number of nitrogens with one attached hydrogen (secondary N) is 5. The van der Waals surface area contributed by atoms with Gasteiger partial charge in [-0.15, -0.1) is 0 Å². The van der Waals surface area contributed by atoms with Crippen LogP contribution < -0.4 is 26.6 Å². The van der Waals surface area contributed by atoms with Crippen LogP contribution in [-0.2, 0) is 24.0 Å². The summed E-state index contributed by atoms with van der Waals surface area (Å²) in [7, 11) is 2.84. The standard InChI is InChI=1S/C23H39N5O5S2/c1-11(2)7-14-19(29)25-15(8-12(3)4)20(30)27-18(13(5)6)23(33)28-22(32)17-10-35-34-9-16(24-14)21(31)26-17/h11-18,24H,7-10H2,1-6H3,(H,25,29)(H,26,31)(H,27,30)(H,28,32,33). The molecule has 0 spiro atoms. The molecule has 2 aliphatic heterocycles. The summed E-state index contributed by atoms with van der Waals surface area (Å²) in [5.74, 6) is -1.92. The van der Waals surface area contributed by atoms with Gasteiger partial charge in [0.2, 0.25) is 29.5 Å². The summed E-state index contributed by atoms with van der Waals surface area (Å²) in [6, 6.07) is -4.20. The van der Waals surface area contributed by atoms with Crippen LogP contribution in [0.5, 0.6) is 0 Å². The normalized spacial score (nSPS) is 29.6. The van der Waals surface area contributed by atoms with Crippen molar-refractivity contribution in [2.45, 2.75) is 84.6 Å². The summed E-state index contributed by atoms with van der Waals surface area (Å²) in [5.41, 5.74) is 0. The smallest absolute Gasteiger partial charge is 0.250 e. The van der Waals surface area contributed by atoms with E-state index in [1.54, 1.807) is 13.8 Å². The van der Waals surface area contributed by atoms with Crippen LogP contribution in [0.1, 0.15) is 54.4 Å². The van der Waals surface area contributed by atoms with Gasteiger partial charge in [0, 0.05) is 11.5 Å². The molecule has 2 fully saturated rings. The molecule has 0 aliphatic carbocycles. The molecule has 0 aromatic rings. The van der Waals surface area contributed by atoms with E-state index in [1.165, 1.54) is 21.6 Å². The first kappa shape index (κ1) is 29.4. The van der Waals surface area contributed by atoms with Gasteiger partial charge in [-0.25, -0.2) is 0 Å². The number of hydrogen-bond acceptors (Lipinski definition) is 8. The van der Waals surface area contributed by atoms with E-state index in [0.29, 0.717) is 18.6 Å². The van der Waals surface area contributed by atoms with Crippen molar-refractivity contribution in [3.05, 3.63) is 0 Å². The van der Waals surface area contributed by atoms with Gasteiger partial charge in [0.1, 0.15) is 18.1 Å². The first-order chi connectivity index (χ1) is 16.4. The second kappa shape index (κ2) is 13.5. The van der Waals surface area contributed by atoms with Crippen molar-refractivity contribution in [1.82, 2.24) is 26.6 Å². The van der Waals surface area contributed by atoms with E-state index in [1.807, 2.05) is 27.7 Å². The lowest BCUT2D eigenvalue weighted by molar-refractivity contribution is -0.137. The number of carbonyl (C=O) groups excluding carboxylic acids is 5. The number of fused-ring (bicyclic) bond motifs is 3. The molecule has 2 saturated heterocycles. The van der Waals surface area contributed by atoms with Crippen molar-refractivity contribution >= 4 is 51.1 Å². The molecular formula is C23H39N5O5S2. The highest BCUT2D eigenvalue weighted by molar-refractivity contribution is 8.76. The first-order valence-corrected chi connectivity index (χ1v) is 14.6. The molecule has 2 bridgehead atoms. The lowest BCUT2D eigenvalue weighted by Gasteiger charge is -2.29. The van der Waals surface area contributed by atoms with Crippen molar-refractivity contribution in [3.8, 4) is 0 Å². The Kier molecular flexibility index (Phi) is 11.4. The third-order valence-electron chi connectivity index (χ3n) is 5.76. The van der Waals surface area contributed by atoms with Crippen LogP contribution in [0, 0.1) is 17.8 Å². The summed E-state index contributed by atoms with van der Waals surface area (Å²) >= 11 is 0. The van der Waals surface area contributed by atoms with Crippen LogP contribution in [0.4, 0.5) is 0 Å². The van der Waals surface area contributed by atoms with Crippen LogP contribution in [0.2, 0.25) is 0 Å². The Hall–Kier alpha value is -1.79. The van der Waals surface area contributed by atoms with Gasteiger partial charge in [-0.05, 0) is 30.6 Å². The monoisotopic (exact) mass is 529 g/mol. The molecule has 35 heavy (non-hydrogen) atoms. The predicted octanol–water partition coefficient (Wildman–Crippen LogP) is 0.567. The highest BCUT2D eigenvalue weighted by atomic mass is 33.1. The molecular weight excluding hydrogens is 490 g/mol. The molecule has 5 atom stereocenters. The van der Waals surface area contributed by atoms with Gasteiger partial charge >= 0.3 is 0 Å². The average Bonchev–Trinajstić information content (AvgIpc) is 2.73. The molecule has 2 heterocycles. The minimum Gasteiger partial charge on any atom is -0.343 e. The lowest BCUT2D eigenvalue weighted by Crippen LogP contribution is -2.60. The van der Waals surface area contributed by atoms with Gasteiger partial charge < -0.3 is 16.0 Å². The average molecular weight is 530 g/mol. The van der Waals surface area contributed by atoms with E-state index in [2.05, 4.69) is 26.6 Å². The molecule has 12 heteroatoms. The fraction of sp³-hybridized carbons (Fsp3) is 0.783. The van der Waals surface area contributed by atoms with E-state index < -0.39 is 53.8 Å². The van der Waals surface area contributed by atoms with Gasteiger partial charge in [-0.3, -0.25) is 34.6 Å². The maximum atomic E-state index is 13.4. The zero-order valence-electron chi connectivity index (χ0n) is 21.3. The highest BCUT2D eigenvalue weighted by Gasteiger charge is 2.36. The first-order valence-electron chi connectivity index (χ1n) is 12.1. The third-order valence-corrected chi connectivity index (χ3v) is 8.18. The largest absolute Gasteiger partial charge is 0.343 e. The Balaban J connectivity index is 2.47. The van der Waals surface area contributed by atoms with E-state index in [4.69, 9.17) is 0 Å². The van der Waals surface area contributed by atoms with Crippen molar-refractivity contribution < 1.29 is 24.0 Å². The molecule has 0 aromatic heterocycles. The van der Waals surface area contributed by atoms with Gasteiger partial charge in [0.15, 0.2) is 0 Å². The molecule has 5 unspecified atom stereocenters. The quantitative estimate of drug-likeness (QED) is 0.257. The van der Waals surface area contributed by atoms with E-state index >= 15 is 0 Å². The van der Waals surface area contributed by atoms with Gasteiger partial charge in [0.25, 0.3) is 0 Å². The molecule has 5 amide bonds. The number of amides is 5. The van der Waals surface area contributed by atoms with Crippen molar-refractivity contribution in [1.29, 1.82) is 0 Å². The highest BCUT2D eigenvalue weighted by Crippen LogP contribution is 2.25. The SMILES string of the molecule is CC(C)CC1NC(=O)C(CC(C)C)NC2CSSCC(NC2=O)C(=O)NC(=O)C(C(C)C)NC1=O. The number of hydrogen-bond donors (Lipinski definition) is 5. The molecule has 2 aliphatic rings. The number of carbonyl (C=O) groups is 5. The molecule has 0 saturated carbocycles. The topological polar surface area (TPSA) is 146 Å². The summed E-state index contributed by atoms with van der Waals surface area (Å²) in [5, 5.41) is 13.8. The Morgan fingerprint density at radius 3 is 1.77 bits per heavy atom. The molecule has 5 N–H and O–H groups in total. The zero-order valence-corrected chi connectivity index (χ0v) is 22.9. The minimum atomic E-state index is -0.980. The third kappa shape index (κ3) is 8.98. The number of rotatable bonds is 5. The zero-order chi connectivity index (χ0) is 26.3. The number of imide groups is 1. The maximum absolute atomic E-state index is 13.4.